The monoisotopic (exact) mass is 239 g/mol. The molecule has 0 spiro atoms. The highest BCUT2D eigenvalue weighted by molar-refractivity contribution is 9.10. The minimum atomic E-state index is -0.359. The molecule has 0 saturated heterocycles. The second-order valence-electron chi connectivity index (χ2n) is 2.54. The van der Waals surface area contributed by atoms with E-state index in [1.807, 2.05) is 18.2 Å². The lowest BCUT2D eigenvalue weighted by molar-refractivity contribution is 0.412. The molecule has 1 aromatic carbocycles. The molecule has 0 aliphatic rings. The van der Waals surface area contributed by atoms with E-state index in [0.29, 0.717) is 0 Å². The van der Waals surface area contributed by atoms with Crippen LogP contribution in [0.2, 0.25) is 0 Å². The number of nitrogens with two attached hydrogens (primary N) is 1. The van der Waals surface area contributed by atoms with Gasteiger partial charge < -0.3 is 10.5 Å². The number of hydrogen-bond donors (Lipinski definition) is 1. The molecule has 1 atom stereocenters. The molecule has 0 radical (unpaired) electrons. The van der Waals surface area contributed by atoms with Crippen LogP contribution in [0.5, 0.6) is 5.75 Å². The molecule has 0 amide bonds. The van der Waals surface area contributed by atoms with Gasteiger partial charge in [-0.15, -0.1) is 6.42 Å². The average molecular weight is 240 g/mol. The number of terminal acetylenes is 1. The van der Waals surface area contributed by atoms with Gasteiger partial charge in [-0.1, -0.05) is 12.0 Å². The zero-order valence-electron chi connectivity index (χ0n) is 7.25. The minimum absolute atomic E-state index is 0.359. The summed E-state index contributed by atoms with van der Waals surface area (Å²) in [5, 5.41) is 0. The van der Waals surface area contributed by atoms with Crippen LogP contribution in [0.25, 0.3) is 0 Å². The number of benzene rings is 1. The Morgan fingerprint density at radius 1 is 1.62 bits per heavy atom. The Morgan fingerprint density at radius 2 is 2.31 bits per heavy atom. The number of hydrogen-bond acceptors (Lipinski definition) is 2. The molecular weight excluding hydrogens is 230 g/mol. The Bertz CT molecular complexity index is 343. The summed E-state index contributed by atoms with van der Waals surface area (Å²) in [6.45, 7) is 0. The molecule has 13 heavy (non-hydrogen) atoms. The first-order valence-electron chi connectivity index (χ1n) is 3.74. The molecule has 3 heteroatoms. The number of ether oxygens (including phenoxy) is 1. The fourth-order valence-electron chi connectivity index (χ4n) is 0.972. The van der Waals surface area contributed by atoms with Crippen LogP contribution in [-0.2, 0) is 0 Å². The van der Waals surface area contributed by atoms with Crippen molar-refractivity contribution in [3.05, 3.63) is 28.2 Å². The van der Waals surface area contributed by atoms with Gasteiger partial charge in [0.25, 0.3) is 0 Å². The molecule has 1 rings (SSSR count). The predicted octanol–water partition coefficient (Wildman–Crippen LogP) is 2.09. The van der Waals surface area contributed by atoms with Crippen LogP contribution < -0.4 is 10.5 Å². The van der Waals surface area contributed by atoms with Crippen molar-refractivity contribution < 1.29 is 4.74 Å². The molecule has 0 aliphatic heterocycles. The third kappa shape index (κ3) is 2.24. The van der Waals surface area contributed by atoms with E-state index >= 15 is 0 Å². The predicted molar refractivity (Wildman–Crippen MR) is 56.5 cm³/mol. The third-order valence-corrected chi connectivity index (χ3v) is 2.33. The van der Waals surface area contributed by atoms with E-state index in [2.05, 4.69) is 21.9 Å². The first-order valence-corrected chi connectivity index (χ1v) is 4.53. The summed E-state index contributed by atoms with van der Waals surface area (Å²) < 4.78 is 5.93. The van der Waals surface area contributed by atoms with Gasteiger partial charge in [0.15, 0.2) is 0 Å². The molecule has 2 N–H and O–H groups in total. The SMILES string of the molecule is C#CC(N)c1ccc(OC)c(Br)c1. The third-order valence-electron chi connectivity index (χ3n) is 1.71. The first kappa shape index (κ1) is 10.1. The van der Waals surface area contributed by atoms with Crippen LogP contribution in [0.3, 0.4) is 0 Å². The Morgan fingerprint density at radius 3 is 2.77 bits per heavy atom. The zero-order chi connectivity index (χ0) is 9.84. The highest BCUT2D eigenvalue weighted by atomic mass is 79.9. The van der Waals surface area contributed by atoms with Crippen molar-refractivity contribution in [2.24, 2.45) is 5.73 Å². The maximum Gasteiger partial charge on any atom is 0.133 e. The Kier molecular flexibility index (Phi) is 3.35. The van der Waals surface area contributed by atoms with Crippen molar-refractivity contribution in [3.8, 4) is 18.1 Å². The number of rotatable bonds is 2. The zero-order valence-corrected chi connectivity index (χ0v) is 8.84. The van der Waals surface area contributed by atoms with E-state index < -0.39 is 0 Å². The highest BCUT2D eigenvalue weighted by Gasteiger charge is 2.05. The summed E-state index contributed by atoms with van der Waals surface area (Å²) in [6.07, 6.45) is 5.20. The van der Waals surface area contributed by atoms with Gasteiger partial charge in [-0.2, -0.15) is 0 Å². The average Bonchev–Trinajstić information content (AvgIpc) is 2.16. The number of methoxy groups -OCH3 is 1. The molecule has 2 nitrogen and oxygen atoms in total. The lowest BCUT2D eigenvalue weighted by atomic mass is 10.1. The van der Waals surface area contributed by atoms with Crippen molar-refractivity contribution >= 4 is 15.9 Å². The van der Waals surface area contributed by atoms with Gasteiger partial charge in [-0.3, -0.25) is 0 Å². The van der Waals surface area contributed by atoms with E-state index in [9.17, 15) is 0 Å². The second-order valence-corrected chi connectivity index (χ2v) is 3.39. The topological polar surface area (TPSA) is 35.2 Å². The van der Waals surface area contributed by atoms with Gasteiger partial charge in [0, 0.05) is 0 Å². The summed E-state index contributed by atoms with van der Waals surface area (Å²) in [6, 6.07) is 5.19. The Balaban J connectivity index is 3.04. The van der Waals surface area contributed by atoms with Crippen molar-refractivity contribution in [1.29, 1.82) is 0 Å². The Labute approximate surface area is 86.2 Å². The van der Waals surface area contributed by atoms with E-state index in [-0.39, 0.29) is 6.04 Å². The summed E-state index contributed by atoms with van der Waals surface area (Å²) in [5.41, 5.74) is 6.56. The Hall–Kier alpha value is -0.980. The molecule has 0 bridgehead atoms. The summed E-state index contributed by atoms with van der Waals surface area (Å²) in [4.78, 5) is 0. The van der Waals surface area contributed by atoms with E-state index in [4.69, 9.17) is 16.9 Å². The van der Waals surface area contributed by atoms with Crippen molar-refractivity contribution in [2.75, 3.05) is 7.11 Å². The van der Waals surface area contributed by atoms with Crippen LogP contribution in [0.15, 0.2) is 22.7 Å². The fourth-order valence-corrected chi connectivity index (χ4v) is 1.53. The van der Waals surface area contributed by atoms with E-state index in [1.54, 1.807) is 7.11 Å². The molecule has 68 valence electrons. The molecule has 1 unspecified atom stereocenters. The van der Waals surface area contributed by atoms with Crippen LogP contribution in [-0.4, -0.2) is 7.11 Å². The second kappa shape index (κ2) is 4.31. The summed E-state index contributed by atoms with van der Waals surface area (Å²) in [7, 11) is 1.61. The maximum absolute atomic E-state index is 5.66. The smallest absolute Gasteiger partial charge is 0.133 e. The molecule has 0 aromatic heterocycles. The van der Waals surface area contributed by atoms with Gasteiger partial charge in [0.1, 0.15) is 5.75 Å². The van der Waals surface area contributed by atoms with E-state index in [0.717, 1.165) is 15.8 Å². The quantitative estimate of drug-likeness (QED) is 0.803. The molecule has 0 saturated carbocycles. The van der Waals surface area contributed by atoms with Crippen LogP contribution in [0.1, 0.15) is 11.6 Å². The van der Waals surface area contributed by atoms with Gasteiger partial charge >= 0.3 is 0 Å². The summed E-state index contributed by atoms with van der Waals surface area (Å²) >= 11 is 3.36. The van der Waals surface area contributed by atoms with Crippen molar-refractivity contribution in [2.45, 2.75) is 6.04 Å². The van der Waals surface area contributed by atoms with Crippen molar-refractivity contribution in [3.63, 3.8) is 0 Å². The lowest BCUT2D eigenvalue weighted by Crippen LogP contribution is -2.06. The van der Waals surface area contributed by atoms with Crippen LogP contribution in [0.4, 0.5) is 0 Å². The largest absolute Gasteiger partial charge is 0.496 e. The summed E-state index contributed by atoms with van der Waals surface area (Å²) in [5.74, 6) is 3.23. The maximum atomic E-state index is 5.66. The molecule has 0 fully saturated rings. The molecule has 0 heterocycles. The fraction of sp³-hybridized carbons (Fsp3) is 0.200. The van der Waals surface area contributed by atoms with Gasteiger partial charge in [-0.25, -0.2) is 0 Å². The molecule has 1 aromatic rings. The van der Waals surface area contributed by atoms with Crippen LogP contribution in [0, 0.1) is 12.3 Å². The highest BCUT2D eigenvalue weighted by Crippen LogP contribution is 2.27. The normalized spacial score (nSPS) is 11.8. The number of halogens is 1. The molecule has 0 aliphatic carbocycles. The first-order chi connectivity index (χ1) is 6.19. The van der Waals surface area contributed by atoms with Crippen molar-refractivity contribution in [1.82, 2.24) is 0 Å². The van der Waals surface area contributed by atoms with Gasteiger partial charge in [0.2, 0.25) is 0 Å². The minimum Gasteiger partial charge on any atom is -0.496 e. The van der Waals surface area contributed by atoms with Crippen LogP contribution >= 0.6 is 15.9 Å². The van der Waals surface area contributed by atoms with E-state index in [1.165, 1.54) is 0 Å². The molecular formula is C10H10BrNO. The van der Waals surface area contributed by atoms with Gasteiger partial charge in [0.05, 0.1) is 17.6 Å². The lowest BCUT2D eigenvalue weighted by Gasteiger charge is -2.07. The van der Waals surface area contributed by atoms with Gasteiger partial charge in [-0.05, 0) is 33.6 Å². The standard InChI is InChI=1S/C10H10BrNO/c1-3-9(12)7-4-5-10(13-2)8(11)6-7/h1,4-6,9H,12H2,2H3.